The van der Waals surface area contributed by atoms with E-state index in [2.05, 4.69) is 24.1 Å². The Kier molecular flexibility index (Phi) is 6.07. The minimum Gasteiger partial charge on any atom is -0.365 e. The summed E-state index contributed by atoms with van der Waals surface area (Å²) in [7, 11) is 0. The molecule has 2 N–H and O–H groups in total. The summed E-state index contributed by atoms with van der Waals surface area (Å²) in [6.07, 6.45) is 3.30. The van der Waals surface area contributed by atoms with Crippen molar-refractivity contribution in [2.75, 3.05) is 16.8 Å². The fraction of sp³-hybridized carbons (Fsp3) is 0.333. The molecule has 0 atom stereocenters. The number of hydrogen-bond donors (Lipinski definition) is 2. The average molecular weight is 422 g/mol. The number of urea groups is 1. The predicted octanol–water partition coefficient (Wildman–Crippen LogP) is 5.35. The van der Waals surface area contributed by atoms with Crippen LogP contribution in [0.25, 0.3) is 0 Å². The third-order valence-corrected chi connectivity index (χ3v) is 5.37. The lowest BCUT2D eigenvalue weighted by atomic mass is 9.90. The maximum absolute atomic E-state index is 13.7. The van der Waals surface area contributed by atoms with Crippen molar-refractivity contribution in [3.63, 3.8) is 0 Å². The Morgan fingerprint density at radius 2 is 1.79 bits per heavy atom. The number of imide groups is 1. The molecule has 0 bridgehead atoms. The Morgan fingerprint density at radius 1 is 1.10 bits per heavy atom. The van der Waals surface area contributed by atoms with Crippen LogP contribution in [-0.4, -0.2) is 24.0 Å². The number of nitrogens with one attached hydrogen (secondary N) is 2. The molecule has 0 radical (unpaired) electrons. The molecule has 0 spiro atoms. The van der Waals surface area contributed by atoms with Gasteiger partial charge in [-0.05, 0) is 63.4 Å². The van der Waals surface area contributed by atoms with Gasteiger partial charge in [-0.25, -0.2) is 13.6 Å². The first-order chi connectivity index (χ1) is 13.7. The Balaban J connectivity index is 1.70. The van der Waals surface area contributed by atoms with Gasteiger partial charge in [0.1, 0.15) is 17.2 Å². The zero-order valence-corrected chi connectivity index (χ0v) is 16.9. The number of amides is 3. The van der Waals surface area contributed by atoms with Gasteiger partial charge in [0.2, 0.25) is 0 Å². The molecule has 2 aromatic rings. The first-order valence-corrected chi connectivity index (χ1v) is 9.70. The van der Waals surface area contributed by atoms with Crippen LogP contribution in [0.3, 0.4) is 0 Å². The number of carbonyl (C=O) groups excluding carboxylic acids is 2. The van der Waals surface area contributed by atoms with E-state index >= 15 is 0 Å². The number of benzene rings is 2. The second-order valence-corrected chi connectivity index (χ2v) is 8.00. The standard InChI is InChI=1S/C21H22ClF2N3O2/c1-21(2)10-3-4-11-27(21)17-9-8-13(12-14(17)22)25-20(29)26-19(28)18-15(23)6-5-7-16(18)24/h5-9,12H,3-4,10-11H2,1-2H3,(H2,25,26,28,29). The van der Waals surface area contributed by atoms with Crippen LogP contribution in [0.5, 0.6) is 0 Å². The van der Waals surface area contributed by atoms with E-state index < -0.39 is 29.1 Å². The number of hydrogen-bond acceptors (Lipinski definition) is 3. The summed E-state index contributed by atoms with van der Waals surface area (Å²) in [5, 5.41) is 4.83. The number of anilines is 2. The van der Waals surface area contributed by atoms with Gasteiger partial charge in [0, 0.05) is 17.8 Å². The van der Waals surface area contributed by atoms with Crippen LogP contribution >= 0.6 is 11.6 Å². The Labute approximate surface area is 173 Å². The summed E-state index contributed by atoms with van der Waals surface area (Å²) in [6, 6.07) is 7.15. The van der Waals surface area contributed by atoms with Gasteiger partial charge >= 0.3 is 6.03 Å². The smallest absolute Gasteiger partial charge is 0.326 e. The van der Waals surface area contributed by atoms with Crippen molar-refractivity contribution in [3.05, 3.63) is 58.6 Å². The molecule has 8 heteroatoms. The third kappa shape index (κ3) is 4.67. The molecule has 1 fully saturated rings. The van der Waals surface area contributed by atoms with Crippen molar-refractivity contribution >= 4 is 34.9 Å². The van der Waals surface area contributed by atoms with Gasteiger partial charge in [-0.2, -0.15) is 0 Å². The maximum Gasteiger partial charge on any atom is 0.326 e. The van der Waals surface area contributed by atoms with Gasteiger partial charge in [0.05, 0.1) is 10.7 Å². The van der Waals surface area contributed by atoms with Crippen LogP contribution in [0.2, 0.25) is 5.02 Å². The summed E-state index contributed by atoms with van der Waals surface area (Å²) in [4.78, 5) is 26.3. The average Bonchev–Trinajstić information content (AvgIpc) is 2.62. The maximum atomic E-state index is 13.7. The minimum atomic E-state index is -1.17. The summed E-state index contributed by atoms with van der Waals surface area (Å²) < 4.78 is 27.3. The van der Waals surface area contributed by atoms with E-state index in [4.69, 9.17) is 11.6 Å². The fourth-order valence-electron chi connectivity index (χ4n) is 3.56. The van der Waals surface area contributed by atoms with Gasteiger partial charge in [-0.15, -0.1) is 0 Å². The molecule has 154 valence electrons. The first kappa shape index (κ1) is 21.0. The monoisotopic (exact) mass is 421 g/mol. The zero-order chi connectivity index (χ0) is 21.2. The predicted molar refractivity (Wildman–Crippen MR) is 110 cm³/mol. The lowest BCUT2D eigenvalue weighted by Gasteiger charge is -2.44. The van der Waals surface area contributed by atoms with Crippen molar-refractivity contribution < 1.29 is 18.4 Å². The molecule has 2 aromatic carbocycles. The molecule has 1 aliphatic heterocycles. The van der Waals surface area contributed by atoms with E-state index in [1.165, 1.54) is 0 Å². The second kappa shape index (κ2) is 8.37. The van der Waals surface area contributed by atoms with E-state index in [1.54, 1.807) is 12.1 Å². The summed E-state index contributed by atoms with van der Waals surface area (Å²) >= 11 is 6.44. The number of nitrogens with zero attached hydrogens (tertiary/aromatic N) is 1. The van der Waals surface area contributed by atoms with Crippen LogP contribution in [0, 0.1) is 11.6 Å². The van der Waals surface area contributed by atoms with Crippen molar-refractivity contribution in [3.8, 4) is 0 Å². The highest BCUT2D eigenvalue weighted by Crippen LogP contribution is 2.37. The molecule has 1 saturated heterocycles. The lowest BCUT2D eigenvalue weighted by molar-refractivity contribution is 0.0959. The van der Waals surface area contributed by atoms with Crippen molar-refractivity contribution in [2.24, 2.45) is 0 Å². The van der Waals surface area contributed by atoms with Crippen molar-refractivity contribution in [1.82, 2.24) is 5.32 Å². The number of rotatable bonds is 3. The van der Waals surface area contributed by atoms with E-state index in [1.807, 2.05) is 11.4 Å². The molecule has 1 aliphatic rings. The molecule has 0 aromatic heterocycles. The van der Waals surface area contributed by atoms with Crippen LogP contribution in [0.15, 0.2) is 36.4 Å². The SMILES string of the molecule is CC1(C)CCCCN1c1ccc(NC(=O)NC(=O)c2c(F)cccc2F)cc1Cl. The Hall–Kier alpha value is -2.67. The number of piperidine rings is 1. The van der Waals surface area contributed by atoms with Crippen LogP contribution in [0.4, 0.5) is 25.0 Å². The summed E-state index contributed by atoms with van der Waals surface area (Å²) in [5.41, 5.74) is 0.382. The van der Waals surface area contributed by atoms with Crippen LogP contribution in [0.1, 0.15) is 43.5 Å². The molecule has 0 unspecified atom stereocenters. The van der Waals surface area contributed by atoms with Crippen molar-refractivity contribution in [1.29, 1.82) is 0 Å². The summed E-state index contributed by atoms with van der Waals surface area (Å²) in [6.45, 7) is 5.22. The highest BCUT2D eigenvalue weighted by Gasteiger charge is 2.31. The molecular weight excluding hydrogens is 400 g/mol. The molecule has 0 aliphatic carbocycles. The van der Waals surface area contributed by atoms with Gasteiger partial charge in [0.25, 0.3) is 5.91 Å². The van der Waals surface area contributed by atoms with E-state index in [0.29, 0.717) is 10.7 Å². The summed E-state index contributed by atoms with van der Waals surface area (Å²) in [5.74, 6) is -3.27. The lowest BCUT2D eigenvalue weighted by Crippen LogP contribution is -2.47. The molecule has 5 nitrogen and oxygen atoms in total. The van der Waals surface area contributed by atoms with E-state index in [0.717, 1.165) is 49.7 Å². The largest absolute Gasteiger partial charge is 0.365 e. The zero-order valence-electron chi connectivity index (χ0n) is 16.2. The van der Waals surface area contributed by atoms with Gasteiger partial charge in [-0.1, -0.05) is 17.7 Å². The Bertz CT molecular complexity index is 929. The van der Waals surface area contributed by atoms with Crippen molar-refractivity contribution in [2.45, 2.75) is 38.6 Å². The number of carbonyl (C=O) groups is 2. The van der Waals surface area contributed by atoms with Gasteiger partial charge < -0.3 is 10.2 Å². The molecule has 0 saturated carbocycles. The molecule has 3 amide bonds. The fourth-order valence-corrected chi connectivity index (χ4v) is 3.84. The minimum absolute atomic E-state index is 0.0234. The second-order valence-electron chi connectivity index (χ2n) is 7.59. The Morgan fingerprint density at radius 3 is 2.41 bits per heavy atom. The highest BCUT2D eigenvalue weighted by atomic mass is 35.5. The molecule has 29 heavy (non-hydrogen) atoms. The molecular formula is C21H22ClF2N3O2. The van der Waals surface area contributed by atoms with E-state index in [-0.39, 0.29) is 5.54 Å². The quantitative estimate of drug-likeness (QED) is 0.702. The van der Waals surface area contributed by atoms with Gasteiger partial charge in [0.15, 0.2) is 0 Å². The highest BCUT2D eigenvalue weighted by molar-refractivity contribution is 6.33. The van der Waals surface area contributed by atoms with Crippen LogP contribution in [-0.2, 0) is 0 Å². The first-order valence-electron chi connectivity index (χ1n) is 9.32. The van der Waals surface area contributed by atoms with Crippen LogP contribution < -0.4 is 15.5 Å². The normalized spacial score (nSPS) is 15.7. The van der Waals surface area contributed by atoms with Gasteiger partial charge in [-0.3, -0.25) is 10.1 Å². The third-order valence-electron chi connectivity index (χ3n) is 5.06. The van der Waals surface area contributed by atoms with E-state index in [9.17, 15) is 18.4 Å². The number of halogens is 3. The molecule has 3 rings (SSSR count). The molecule has 1 heterocycles. The topological polar surface area (TPSA) is 61.4 Å².